The maximum absolute atomic E-state index is 13.0. The van der Waals surface area contributed by atoms with Crippen LogP contribution in [0.15, 0.2) is 52.5 Å². The normalized spacial score (nSPS) is 18.6. The largest absolute Gasteiger partial charge is 0.493 e. The molecule has 1 atom stereocenters. The Hall–Kier alpha value is -3.11. The molecule has 1 amide bonds. The van der Waals surface area contributed by atoms with Crippen molar-refractivity contribution in [2.24, 2.45) is 16.2 Å². The van der Waals surface area contributed by atoms with Crippen molar-refractivity contribution in [1.82, 2.24) is 5.01 Å². The van der Waals surface area contributed by atoms with Crippen LogP contribution in [0.2, 0.25) is 0 Å². The maximum Gasteiger partial charge on any atom is 0.248 e. The Morgan fingerprint density at radius 1 is 1.15 bits per heavy atom. The van der Waals surface area contributed by atoms with Crippen molar-refractivity contribution >= 4 is 27.8 Å². The predicted molar refractivity (Wildman–Crippen MR) is 130 cm³/mol. The van der Waals surface area contributed by atoms with Crippen LogP contribution in [0.1, 0.15) is 37.7 Å². The molecule has 9 nitrogen and oxygen atoms in total. The Bertz CT molecular complexity index is 1150. The molecule has 2 aliphatic rings. The third-order valence-corrected chi connectivity index (χ3v) is 6.87. The molecular weight excluding hydrogens is 456 g/mol. The lowest BCUT2D eigenvalue weighted by atomic mass is 10.0. The predicted octanol–water partition coefficient (Wildman–Crippen LogP) is 2.96. The zero-order chi connectivity index (χ0) is 24.1. The number of benzene rings is 2. The lowest BCUT2D eigenvalue weighted by Gasteiger charge is -2.32. The summed E-state index contributed by atoms with van der Waals surface area (Å²) in [7, 11) is -2.16. The third kappa shape index (κ3) is 6.27. The Morgan fingerprint density at radius 2 is 1.91 bits per heavy atom. The van der Waals surface area contributed by atoms with Gasteiger partial charge in [0.1, 0.15) is 6.04 Å². The summed E-state index contributed by atoms with van der Waals surface area (Å²) in [6.07, 6.45) is 6.70. The molecule has 0 bridgehead atoms. The number of carbonyl (C=O) groups excluding carboxylic acids is 1. The van der Waals surface area contributed by atoms with Crippen molar-refractivity contribution in [3.8, 4) is 11.5 Å². The monoisotopic (exact) mass is 486 g/mol. The first kappa shape index (κ1) is 24.0. The van der Waals surface area contributed by atoms with E-state index in [9.17, 15) is 13.2 Å². The number of rotatable bonds is 9. The summed E-state index contributed by atoms with van der Waals surface area (Å²) in [6, 6.07) is 11.0. The molecule has 1 unspecified atom stereocenters. The number of piperidine rings is 1. The van der Waals surface area contributed by atoms with E-state index in [0.717, 1.165) is 18.4 Å². The lowest BCUT2D eigenvalue weighted by molar-refractivity contribution is -0.122. The van der Waals surface area contributed by atoms with E-state index < -0.39 is 16.1 Å². The van der Waals surface area contributed by atoms with Crippen molar-refractivity contribution in [3.63, 3.8) is 0 Å². The quantitative estimate of drug-likeness (QED) is 0.525. The molecule has 3 N–H and O–H groups in total. The summed E-state index contributed by atoms with van der Waals surface area (Å²) in [5, 5.41) is 14.4. The summed E-state index contributed by atoms with van der Waals surface area (Å²) >= 11 is 0. The SMILES string of the molecule is COc1ccc(/C=N/N2CCCCC2C(=O)Nc2ccc(S(N)(=O)=O)cc2)cc1OCC1CC1. The number of hydrogen-bond acceptors (Lipinski definition) is 7. The molecule has 1 saturated heterocycles. The van der Waals surface area contributed by atoms with E-state index in [-0.39, 0.29) is 10.8 Å². The van der Waals surface area contributed by atoms with Crippen LogP contribution in [0, 0.1) is 5.92 Å². The fourth-order valence-corrected chi connectivity index (χ4v) is 4.31. The van der Waals surface area contributed by atoms with Gasteiger partial charge in [-0.2, -0.15) is 5.10 Å². The maximum atomic E-state index is 13.0. The first-order chi connectivity index (χ1) is 16.3. The molecule has 2 fully saturated rings. The van der Waals surface area contributed by atoms with Gasteiger partial charge in [0.15, 0.2) is 11.5 Å². The highest BCUT2D eigenvalue weighted by Crippen LogP contribution is 2.33. The van der Waals surface area contributed by atoms with Gasteiger partial charge < -0.3 is 14.8 Å². The number of methoxy groups -OCH3 is 1. The van der Waals surface area contributed by atoms with Crippen LogP contribution < -0.4 is 19.9 Å². The Morgan fingerprint density at radius 3 is 2.59 bits per heavy atom. The van der Waals surface area contributed by atoms with Crippen molar-refractivity contribution in [1.29, 1.82) is 0 Å². The zero-order valence-electron chi connectivity index (χ0n) is 19.1. The number of anilines is 1. The van der Waals surface area contributed by atoms with E-state index in [0.29, 0.717) is 42.7 Å². The van der Waals surface area contributed by atoms with E-state index >= 15 is 0 Å². The number of carbonyl (C=O) groups is 1. The molecule has 0 aromatic heterocycles. The van der Waals surface area contributed by atoms with Gasteiger partial charge in [0.05, 0.1) is 24.8 Å². The van der Waals surface area contributed by atoms with Crippen molar-refractivity contribution < 1.29 is 22.7 Å². The average molecular weight is 487 g/mol. The first-order valence-corrected chi connectivity index (χ1v) is 12.9. The van der Waals surface area contributed by atoms with Crippen molar-refractivity contribution in [2.45, 2.75) is 43.0 Å². The molecule has 1 heterocycles. The zero-order valence-corrected chi connectivity index (χ0v) is 20.0. The highest BCUT2D eigenvalue weighted by atomic mass is 32.2. The van der Waals surface area contributed by atoms with Gasteiger partial charge in [0.25, 0.3) is 0 Å². The van der Waals surface area contributed by atoms with Gasteiger partial charge in [-0.15, -0.1) is 0 Å². The van der Waals surface area contributed by atoms with Crippen LogP contribution in [-0.4, -0.2) is 51.9 Å². The van der Waals surface area contributed by atoms with Gasteiger partial charge in [0, 0.05) is 12.2 Å². The molecule has 0 radical (unpaired) electrons. The van der Waals surface area contributed by atoms with Gasteiger partial charge in [-0.25, -0.2) is 13.6 Å². The summed E-state index contributed by atoms with van der Waals surface area (Å²) in [6.45, 7) is 1.35. The number of primary sulfonamides is 1. The minimum atomic E-state index is -3.78. The highest BCUT2D eigenvalue weighted by Gasteiger charge is 2.28. The summed E-state index contributed by atoms with van der Waals surface area (Å²) in [5.41, 5.74) is 1.36. The molecule has 1 saturated carbocycles. The van der Waals surface area contributed by atoms with Gasteiger partial charge >= 0.3 is 0 Å². The molecule has 1 aliphatic carbocycles. The van der Waals surface area contributed by atoms with Gasteiger partial charge in [-0.05, 0) is 86.1 Å². The number of hydrogen-bond donors (Lipinski definition) is 2. The minimum absolute atomic E-state index is 0.00522. The fourth-order valence-electron chi connectivity index (χ4n) is 3.79. The Kier molecular flexibility index (Phi) is 7.38. The van der Waals surface area contributed by atoms with E-state index in [2.05, 4.69) is 10.4 Å². The molecule has 2 aromatic carbocycles. The van der Waals surface area contributed by atoms with E-state index in [1.807, 2.05) is 18.2 Å². The fraction of sp³-hybridized carbons (Fsp3) is 0.417. The number of nitrogens with two attached hydrogens (primary N) is 1. The molecule has 10 heteroatoms. The second-order valence-corrected chi connectivity index (χ2v) is 10.2. The van der Waals surface area contributed by atoms with Crippen LogP contribution in [0.4, 0.5) is 5.69 Å². The second-order valence-electron chi connectivity index (χ2n) is 8.64. The van der Waals surface area contributed by atoms with Crippen LogP contribution in [0.25, 0.3) is 0 Å². The number of hydrazone groups is 1. The van der Waals surface area contributed by atoms with Crippen LogP contribution in [0.3, 0.4) is 0 Å². The van der Waals surface area contributed by atoms with Crippen LogP contribution in [-0.2, 0) is 14.8 Å². The van der Waals surface area contributed by atoms with Crippen molar-refractivity contribution in [2.75, 3.05) is 25.6 Å². The standard InChI is InChI=1S/C24H30N4O5S/c1-32-22-12-7-18(14-23(22)33-16-17-5-6-17)15-26-28-13-3-2-4-21(28)24(29)27-19-8-10-20(11-9-19)34(25,30)31/h7-12,14-15,17,21H,2-6,13,16H2,1H3,(H,27,29)(H2,25,30,31)/b26-15+. The number of amides is 1. The number of nitrogens with zero attached hydrogens (tertiary/aromatic N) is 2. The Labute approximate surface area is 200 Å². The smallest absolute Gasteiger partial charge is 0.248 e. The van der Waals surface area contributed by atoms with E-state index in [4.69, 9.17) is 14.6 Å². The lowest BCUT2D eigenvalue weighted by Crippen LogP contribution is -2.44. The first-order valence-electron chi connectivity index (χ1n) is 11.4. The topological polar surface area (TPSA) is 123 Å². The van der Waals surface area contributed by atoms with Gasteiger partial charge in [-0.3, -0.25) is 9.80 Å². The molecule has 4 rings (SSSR count). The molecular formula is C24H30N4O5S. The summed E-state index contributed by atoms with van der Waals surface area (Å²) < 4.78 is 34.2. The van der Waals surface area contributed by atoms with Gasteiger partial charge in [0.2, 0.25) is 15.9 Å². The third-order valence-electron chi connectivity index (χ3n) is 5.94. The average Bonchev–Trinajstić information content (AvgIpc) is 3.66. The number of sulfonamides is 1. The van der Waals surface area contributed by atoms with Gasteiger partial charge in [-0.1, -0.05) is 0 Å². The molecule has 34 heavy (non-hydrogen) atoms. The van der Waals surface area contributed by atoms with E-state index in [1.54, 1.807) is 18.3 Å². The Balaban J connectivity index is 1.43. The summed E-state index contributed by atoms with van der Waals surface area (Å²) in [4.78, 5) is 13.0. The summed E-state index contributed by atoms with van der Waals surface area (Å²) in [5.74, 6) is 1.81. The van der Waals surface area contributed by atoms with Crippen molar-refractivity contribution in [3.05, 3.63) is 48.0 Å². The molecule has 0 spiro atoms. The minimum Gasteiger partial charge on any atom is -0.493 e. The number of nitrogens with one attached hydrogen (secondary N) is 1. The van der Waals surface area contributed by atoms with E-state index in [1.165, 1.54) is 37.1 Å². The number of ether oxygens (including phenoxy) is 2. The second kappa shape index (κ2) is 10.4. The molecule has 182 valence electrons. The molecule has 2 aromatic rings. The highest BCUT2D eigenvalue weighted by molar-refractivity contribution is 7.89. The van der Waals surface area contributed by atoms with Crippen LogP contribution in [0.5, 0.6) is 11.5 Å². The molecule has 1 aliphatic heterocycles. The van der Waals surface area contributed by atoms with Crippen LogP contribution >= 0.6 is 0 Å².